The number of nitrogens with zero attached hydrogens (tertiary/aromatic N) is 4. The SMILES string of the molecule is COc1cc(-c2cc(CN3CCN(C(=O)c4ccnc(-c5cc(OC)c(OC)c(OC)c5)c4)CC3)ccn2)cc(OC)c1OC. The molecule has 0 radical (unpaired) electrons. The molecule has 2 aromatic heterocycles. The highest BCUT2D eigenvalue weighted by Crippen LogP contribution is 2.42. The number of benzene rings is 2. The quantitative estimate of drug-likeness (QED) is 0.234. The van der Waals surface area contributed by atoms with Crippen molar-refractivity contribution in [2.24, 2.45) is 0 Å². The van der Waals surface area contributed by atoms with Gasteiger partial charge in [0.25, 0.3) is 5.91 Å². The Hall–Kier alpha value is -5.03. The predicted octanol–water partition coefficient (Wildman–Crippen LogP) is 4.82. The van der Waals surface area contributed by atoms with Crippen molar-refractivity contribution in [3.63, 3.8) is 0 Å². The molecule has 1 saturated heterocycles. The van der Waals surface area contributed by atoms with E-state index in [1.54, 1.807) is 61.0 Å². The van der Waals surface area contributed by atoms with E-state index in [0.29, 0.717) is 58.8 Å². The minimum absolute atomic E-state index is 0.0284. The van der Waals surface area contributed by atoms with E-state index in [1.807, 2.05) is 41.4 Å². The second-order valence-electron chi connectivity index (χ2n) is 10.4. The molecule has 11 heteroatoms. The minimum Gasteiger partial charge on any atom is -0.493 e. The fraction of sp³-hybridized carbons (Fsp3) is 0.324. The maximum absolute atomic E-state index is 13.5. The first kappa shape index (κ1) is 31.4. The Balaban J connectivity index is 1.25. The third-order valence-electron chi connectivity index (χ3n) is 7.82. The molecule has 1 amide bonds. The first-order chi connectivity index (χ1) is 21.9. The van der Waals surface area contributed by atoms with E-state index in [2.05, 4.69) is 20.9 Å². The summed E-state index contributed by atoms with van der Waals surface area (Å²) < 4.78 is 32.9. The van der Waals surface area contributed by atoms with Crippen LogP contribution in [0.4, 0.5) is 0 Å². The molecule has 5 rings (SSSR count). The van der Waals surface area contributed by atoms with Crippen LogP contribution in [-0.4, -0.2) is 94.5 Å². The third-order valence-corrected chi connectivity index (χ3v) is 7.82. The van der Waals surface area contributed by atoms with E-state index in [9.17, 15) is 4.79 Å². The van der Waals surface area contributed by atoms with E-state index in [-0.39, 0.29) is 5.91 Å². The second kappa shape index (κ2) is 14.2. The number of aromatic nitrogens is 2. The monoisotopic (exact) mass is 614 g/mol. The fourth-order valence-corrected chi connectivity index (χ4v) is 5.46. The number of piperazine rings is 1. The van der Waals surface area contributed by atoms with Gasteiger partial charge in [-0.05, 0) is 54.1 Å². The van der Waals surface area contributed by atoms with Crippen molar-refractivity contribution in [3.05, 3.63) is 72.1 Å². The summed E-state index contributed by atoms with van der Waals surface area (Å²) in [6.07, 6.45) is 3.46. The van der Waals surface area contributed by atoms with Crippen LogP contribution >= 0.6 is 0 Å². The highest BCUT2D eigenvalue weighted by Gasteiger charge is 2.24. The second-order valence-corrected chi connectivity index (χ2v) is 10.4. The molecule has 3 heterocycles. The van der Waals surface area contributed by atoms with Crippen molar-refractivity contribution < 1.29 is 33.2 Å². The van der Waals surface area contributed by atoms with Gasteiger partial charge in [0.05, 0.1) is 54.0 Å². The fourth-order valence-electron chi connectivity index (χ4n) is 5.46. The summed E-state index contributed by atoms with van der Waals surface area (Å²) in [7, 11) is 9.47. The molecular formula is C34H38N4O7. The summed E-state index contributed by atoms with van der Waals surface area (Å²) in [5.41, 5.74) is 4.77. The van der Waals surface area contributed by atoms with Gasteiger partial charge in [-0.3, -0.25) is 19.7 Å². The molecule has 0 bridgehead atoms. The van der Waals surface area contributed by atoms with E-state index >= 15 is 0 Å². The topological polar surface area (TPSA) is 105 Å². The molecule has 0 saturated carbocycles. The van der Waals surface area contributed by atoms with E-state index in [4.69, 9.17) is 28.4 Å². The lowest BCUT2D eigenvalue weighted by Gasteiger charge is -2.34. The standard InChI is InChI=1S/C34H38N4O7/c1-40-28-17-24(18-29(41-2)32(28)44-5)26-15-22(7-9-35-26)21-37-11-13-38(14-12-37)34(39)23-8-10-36-27(16-23)25-19-30(42-3)33(45-6)31(20-25)43-4/h7-10,15-20H,11-14,21H2,1-6H3. The third kappa shape index (κ3) is 6.73. The molecule has 1 aliphatic heterocycles. The lowest BCUT2D eigenvalue weighted by Crippen LogP contribution is -2.48. The Morgan fingerprint density at radius 2 is 1.09 bits per heavy atom. The van der Waals surface area contributed by atoms with Gasteiger partial charge >= 0.3 is 0 Å². The smallest absolute Gasteiger partial charge is 0.254 e. The molecule has 0 atom stereocenters. The van der Waals surface area contributed by atoms with Gasteiger partial charge in [0.2, 0.25) is 11.5 Å². The maximum atomic E-state index is 13.5. The summed E-state index contributed by atoms with van der Waals surface area (Å²) in [5.74, 6) is 3.20. The number of rotatable bonds is 11. The Kier molecular flexibility index (Phi) is 9.89. The first-order valence-electron chi connectivity index (χ1n) is 14.5. The minimum atomic E-state index is -0.0284. The van der Waals surface area contributed by atoms with Crippen LogP contribution < -0.4 is 28.4 Å². The average molecular weight is 615 g/mol. The number of amides is 1. The summed E-state index contributed by atoms with van der Waals surface area (Å²) in [4.78, 5) is 26.8. The predicted molar refractivity (Wildman–Crippen MR) is 170 cm³/mol. The molecule has 1 fully saturated rings. The molecule has 4 aromatic rings. The summed E-state index contributed by atoms with van der Waals surface area (Å²) in [6.45, 7) is 3.47. The van der Waals surface area contributed by atoms with Gasteiger partial charge in [-0.1, -0.05) is 0 Å². The molecule has 0 unspecified atom stereocenters. The lowest BCUT2D eigenvalue weighted by molar-refractivity contribution is 0.0628. The van der Waals surface area contributed by atoms with Gasteiger partial charge in [-0.2, -0.15) is 0 Å². The van der Waals surface area contributed by atoms with Gasteiger partial charge in [-0.15, -0.1) is 0 Å². The van der Waals surface area contributed by atoms with Crippen molar-refractivity contribution in [1.82, 2.24) is 19.8 Å². The Morgan fingerprint density at radius 3 is 1.56 bits per heavy atom. The van der Waals surface area contributed by atoms with Gasteiger partial charge in [-0.25, -0.2) is 0 Å². The number of ether oxygens (including phenoxy) is 6. The molecule has 0 aliphatic carbocycles. The van der Waals surface area contributed by atoms with Crippen LogP contribution in [0.3, 0.4) is 0 Å². The molecule has 11 nitrogen and oxygen atoms in total. The number of methoxy groups -OCH3 is 6. The van der Waals surface area contributed by atoms with Crippen molar-refractivity contribution in [3.8, 4) is 57.0 Å². The Bertz CT molecular complexity index is 1600. The lowest BCUT2D eigenvalue weighted by atomic mass is 10.1. The zero-order valence-corrected chi connectivity index (χ0v) is 26.5. The van der Waals surface area contributed by atoms with E-state index in [1.165, 1.54) is 0 Å². The van der Waals surface area contributed by atoms with Crippen molar-refractivity contribution in [2.75, 3.05) is 68.8 Å². The van der Waals surface area contributed by atoms with Crippen molar-refractivity contribution in [1.29, 1.82) is 0 Å². The van der Waals surface area contributed by atoms with E-state index in [0.717, 1.165) is 42.0 Å². The molecule has 0 N–H and O–H groups in total. The molecule has 2 aromatic carbocycles. The molecule has 236 valence electrons. The number of hydrogen-bond acceptors (Lipinski definition) is 10. The van der Waals surface area contributed by atoms with Crippen LogP contribution in [-0.2, 0) is 6.54 Å². The highest BCUT2D eigenvalue weighted by molar-refractivity contribution is 5.95. The largest absolute Gasteiger partial charge is 0.493 e. The molecule has 45 heavy (non-hydrogen) atoms. The van der Waals surface area contributed by atoms with Crippen LogP contribution in [0.2, 0.25) is 0 Å². The maximum Gasteiger partial charge on any atom is 0.254 e. The van der Waals surface area contributed by atoms with Crippen LogP contribution in [0.5, 0.6) is 34.5 Å². The molecular weight excluding hydrogens is 576 g/mol. The normalized spacial score (nSPS) is 13.2. The van der Waals surface area contributed by atoms with Crippen molar-refractivity contribution in [2.45, 2.75) is 6.54 Å². The van der Waals surface area contributed by atoms with Crippen LogP contribution in [0.1, 0.15) is 15.9 Å². The van der Waals surface area contributed by atoms with Crippen molar-refractivity contribution >= 4 is 5.91 Å². The van der Waals surface area contributed by atoms with Crippen LogP contribution in [0, 0.1) is 0 Å². The summed E-state index contributed by atoms with van der Waals surface area (Å²) in [5, 5.41) is 0. The first-order valence-corrected chi connectivity index (χ1v) is 14.5. The van der Waals surface area contributed by atoms with Gasteiger partial charge < -0.3 is 33.3 Å². The zero-order valence-electron chi connectivity index (χ0n) is 26.5. The number of pyridine rings is 2. The van der Waals surface area contributed by atoms with Gasteiger partial charge in [0, 0.05) is 61.8 Å². The summed E-state index contributed by atoms with van der Waals surface area (Å²) >= 11 is 0. The van der Waals surface area contributed by atoms with Gasteiger partial charge in [0.1, 0.15) is 0 Å². The molecule has 0 spiro atoms. The number of hydrogen-bond donors (Lipinski definition) is 0. The van der Waals surface area contributed by atoms with Gasteiger partial charge in [0.15, 0.2) is 23.0 Å². The number of carbonyl (C=O) groups excluding carboxylic acids is 1. The van der Waals surface area contributed by atoms with Crippen LogP contribution in [0.15, 0.2) is 60.9 Å². The summed E-state index contributed by atoms with van der Waals surface area (Å²) in [6, 6.07) is 15.1. The highest BCUT2D eigenvalue weighted by atomic mass is 16.5. The zero-order chi connectivity index (χ0) is 31.9. The Morgan fingerprint density at radius 1 is 0.622 bits per heavy atom. The Labute approximate surface area is 263 Å². The van der Waals surface area contributed by atoms with Crippen LogP contribution in [0.25, 0.3) is 22.5 Å². The molecule has 1 aliphatic rings. The van der Waals surface area contributed by atoms with E-state index < -0.39 is 0 Å². The average Bonchev–Trinajstić information content (AvgIpc) is 3.10. The number of carbonyl (C=O) groups is 1.